The fourth-order valence-corrected chi connectivity index (χ4v) is 5.43. The van der Waals surface area contributed by atoms with Crippen molar-refractivity contribution in [2.45, 2.75) is 36.8 Å². The highest BCUT2D eigenvalue weighted by Gasteiger charge is 2.24. The van der Waals surface area contributed by atoms with Gasteiger partial charge < -0.3 is 10.1 Å². The van der Waals surface area contributed by atoms with Crippen LogP contribution < -0.4 is 10.9 Å². The van der Waals surface area contributed by atoms with Crippen LogP contribution in [-0.4, -0.2) is 51.9 Å². The van der Waals surface area contributed by atoms with Crippen LogP contribution in [0.15, 0.2) is 38.8 Å². The molecule has 4 heterocycles. The molecule has 162 valence electrons. The third-order valence-electron chi connectivity index (χ3n) is 5.47. The molecular formula is C20H25BrClN5O2S. The molecule has 1 unspecified atom stereocenters. The molecule has 2 fully saturated rings. The van der Waals surface area contributed by atoms with Gasteiger partial charge in [0.15, 0.2) is 0 Å². The van der Waals surface area contributed by atoms with Crippen LogP contribution >= 0.6 is 39.5 Å². The molecule has 10 heteroatoms. The molecule has 30 heavy (non-hydrogen) atoms. The van der Waals surface area contributed by atoms with Crippen LogP contribution in [0.2, 0.25) is 5.02 Å². The molecule has 4 rings (SSSR count). The quantitative estimate of drug-likeness (QED) is 0.578. The van der Waals surface area contributed by atoms with E-state index >= 15 is 0 Å². The van der Waals surface area contributed by atoms with E-state index in [-0.39, 0.29) is 16.6 Å². The Morgan fingerprint density at radius 2 is 2.17 bits per heavy atom. The third-order valence-corrected chi connectivity index (χ3v) is 7.36. The maximum absolute atomic E-state index is 12.8. The summed E-state index contributed by atoms with van der Waals surface area (Å²) in [7, 11) is 0. The monoisotopic (exact) mass is 513 g/mol. The van der Waals surface area contributed by atoms with Crippen molar-refractivity contribution in [1.82, 2.24) is 19.1 Å². The summed E-state index contributed by atoms with van der Waals surface area (Å²) in [4.78, 5) is 17.2. The second kappa shape index (κ2) is 10.5. The Bertz CT molecular complexity index is 916. The Balaban J connectivity index is 1.34. The van der Waals surface area contributed by atoms with Gasteiger partial charge >= 0.3 is 0 Å². The number of halogens is 2. The van der Waals surface area contributed by atoms with Gasteiger partial charge in [0.1, 0.15) is 10.0 Å². The molecule has 2 aromatic rings. The van der Waals surface area contributed by atoms with Gasteiger partial charge in [0.2, 0.25) is 0 Å². The Morgan fingerprint density at radius 1 is 1.33 bits per heavy atom. The highest BCUT2D eigenvalue weighted by molar-refractivity contribution is 9.10. The summed E-state index contributed by atoms with van der Waals surface area (Å²) in [6, 6.07) is 3.98. The fourth-order valence-electron chi connectivity index (χ4n) is 3.80. The molecule has 0 saturated carbocycles. The Morgan fingerprint density at radius 3 is 2.90 bits per heavy atom. The molecule has 2 aliphatic heterocycles. The summed E-state index contributed by atoms with van der Waals surface area (Å²) < 4.78 is 10.4. The van der Waals surface area contributed by atoms with Gasteiger partial charge in [-0.1, -0.05) is 27.5 Å². The predicted molar refractivity (Wildman–Crippen MR) is 123 cm³/mol. The summed E-state index contributed by atoms with van der Waals surface area (Å²) in [6.45, 7) is 4.05. The van der Waals surface area contributed by atoms with Crippen LogP contribution in [0.3, 0.4) is 0 Å². The first-order valence-electron chi connectivity index (χ1n) is 10.2. The lowest BCUT2D eigenvalue weighted by Gasteiger charge is -2.31. The Hall–Kier alpha value is -1.13. The van der Waals surface area contributed by atoms with Crippen molar-refractivity contribution in [2.75, 3.05) is 38.2 Å². The number of nitrogens with zero attached hydrogens (tertiary/aromatic N) is 4. The van der Waals surface area contributed by atoms with Gasteiger partial charge in [-0.15, -0.1) is 0 Å². The number of hydrogen-bond acceptors (Lipinski definition) is 7. The second-order valence-corrected chi connectivity index (χ2v) is 10.1. The van der Waals surface area contributed by atoms with E-state index in [1.54, 1.807) is 29.0 Å². The largest absolute Gasteiger partial charge is 0.382 e. The van der Waals surface area contributed by atoms with Crippen molar-refractivity contribution in [3.8, 4) is 0 Å². The number of aromatic nitrogens is 3. The molecule has 2 aliphatic rings. The van der Waals surface area contributed by atoms with Crippen molar-refractivity contribution in [1.29, 1.82) is 0 Å². The molecule has 0 aliphatic carbocycles. The van der Waals surface area contributed by atoms with Crippen molar-refractivity contribution in [2.24, 2.45) is 5.92 Å². The van der Waals surface area contributed by atoms with E-state index in [9.17, 15) is 4.79 Å². The first-order valence-corrected chi connectivity index (χ1v) is 12.2. The highest BCUT2D eigenvalue weighted by atomic mass is 79.9. The molecule has 1 atom stereocenters. The zero-order chi connectivity index (χ0) is 20.9. The minimum Gasteiger partial charge on any atom is -0.382 e. The third kappa shape index (κ3) is 5.56. The fraction of sp³-hybridized carbons (Fsp3) is 0.550. The van der Waals surface area contributed by atoms with E-state index in [0.717, 1.165) is 68.0 Å². The molecule has 0 aromatic carbocycles. The van der Waals surface area contributed by atoms with Crippen LogP contribution in [0.4, 0.5) is 5.69 Å². The topological polar surface area (TPSA) is 72.3 Å². The Labute approximate surface area is 193 Å². The normalized spacial score (nSPS) is 20.9. The van der Waals surface area contributed by atoms with Crippen LogP contribution in [-0.2, 0) is 4.74 Å². The zero-order valence-corrected chi connectivity index (χ0v) is 19.8. The Kier molecular flexibility index (Phi) is 7.69. The van der Waals surface area contributed by atoms with E-state index in [4.69, 9.17) is 16.3 Å². The number of nitrogens with one attached hydrogen (secondary N) is 1. The minimum atomic E-state index is -0.221. The van der Waals surface area contributed by atoms with Gasteiger partial charge in [-0.05, 0) is 55.7 Å². The predicted octanol–water partition coefficient (Wildman–Crippen LogP) is 4.24. The maximum Gasteiger partial charge on any atom is 0.287 e. The molecule has 0 bridgehead atoms. The lowest BCUT2D eigenvalue weighted by atomic mass is 10.0. The number of pyridine rings is 1. The molecule has 2 saturated heterocycles. The highest BCUT2D eigenvalue weighted by Crippen LogP contribution is 2.30. The molecule has 7 nitrogen and oxygen atoms in total. The summed E-state index contributed by atoms with van der Waals surface area (Å²) in [6.07, 6.45) is 7.37. The van der Waals surface area contributed by atoms with Gasteiger partial charge in [0.25, 0.3) is 5.56 Å². The summed E-state index contributed by atoms with van der Waals surface area (Å²) in [5.41, 5.74) is 0.388. The first kappa shape index (κ1) is 22.1. The molecule has 0 amide bonds. The van der Waals surface area contributed by atoms with Crippen LogP contribution in [0.1, 0.15) is 31.7 Å². The summed E-state index contributed by atoms with van der Waals surface area (Å²) in [5, 5.41) is 8.89. The number of hydrogen-bond donors (Lipinski definition) is 1. The van der Waals surface area contributed by atoms with Gasteiger partial charge in [-0.2, -0.15) is 5.10 Å². The van der Waals surface area contributed by atoms with Crippen LogP contribution in [0.5, 0.6) is 0 Å². The standard InChI is InChI=1S/C20H25BrClN5O2S/c21-15-3-6-23-18(10-15)30-26-7-4-16(5-8-26)27-20(28)19(22)17(12-25-27)24-11-14-2-1-9-29-13-14/h3,6,10,12,14,16,24H,1-2,4-5,7-9,11,13H2. The van der Waals surface area contributed by atoms with Gasteiger partial charge in [0.05, 0.1) is 24.5 Å². The maximum atomic E-state index is 12.8. The van der Waals surface area contributed by atoms with Crippen molar-refractivity contribution < 1.29 is 4.74 Å². The number of ether oxygens (including phenoxy) is 1. The summed E-state index contributed by atoms with van der Waals surface area (Å²) >= 11 is 11.5. The average molecular weight is 515 g/mol. The van der Waals surface area contributed by atoms with Crippen molar-refractivity contribution >= 4 is 45.2 Å². The second-order valence-electron chi connectivity index (χ2n) is 7.65. The first-order chi connectivity index (χ1) is 14.6. The van der Waals surface area contributed by atoms with Crippen LogP contribution in [0, 0.1) is 5.92 Å². The SMILES string of the molecule is O=c1c(Cl)c(NCC2CCCOC2)cnn1C1CCN(Sc2cc(Br)ccn2)CC1. The van der Waals surface area contributed by atoms with Crippen molar-refractivity contribution in [3.05, 3.63) is 44.4 Å². The molecular weight excluding hydrogens is 490 g/mol. The van der Waals surface area contributed by atoms with E-state index in [2.05, 4.69) is 35.6 Å². The average Bonchev–Trinajstić information content (AvgIpc) is 2.76. The van der Waals surface area contributed by atoms with E-state index in [1.807, 2.05) is 12.1 Å². The van der Waals surface area contributed by atoms with Gasteiger partial charge in [0, 0.05) is 36.9 Å². The zero-order valence-electron chi connectivity index (χ0n) is 16.6. The van der Waals surface area contributed by atoms with Crippen LogP contribution in [0.25, 0.3) is 0 Å². The van der Waals surface area contributed by atoms with E-state index in [0.29, 0.717) is 11.6 Å². The lowest BCUT2D eigenvalue weighted by Crippen LogP contribution is -2.36. The number of rotatable bonds is 6. The number of anilines is 1. The summed E-state index contributed by atoms with van der Waals surface area (Å²) in [5.74, 6) is 0.443. The van der Waals surface area contributed by atoms with Gasteiger partial charge in [-0.25, -0.2) is 14.0 Å². The molecule has 0 spiro atoms. The van der Waals surface area contributed by atoms with Gasteiger partial charge in [-0.3, -0.25) is 4.79 Å². The smallest absolute Gasteiger partial charge is 0.287 e. The molecule has 0 radical (unpaired) electrons. The number of piperidine rings is 1. The lowest BCUT2D eigenvalue weighted by molar-refractivity contribution is 0.0595. The molecule has 1 N–H and O–H groups in total. The molecule has 2 aromatic heterocycles. The van der Waals surface area contributed by atoms with Crippen molar-refractivity contribution in [3.63, 3.8) is 0 Å². The van der Waals surface area contributed by atoms with E-state index in [1.165, 1.54) is 0 Å². The van der Waals surface area contributed by atoms with E-state index < -0.39 is 0 Å². The minimum absolute atomic E-state index is 0.0584.